The van der Waals surface area contributed by atoms with E-state index in [2.05, 4.69) is 30.2 Å². The van der Waals surface area contributed by atoms with Gasteiger partial charge in [-0.05, 0) is 62.9 Å². The average Bonchev–Trinajstić information content (AvgIpc) is 3.48. The van der Waals surface area contributed by atoms with Gasteiger partial charge in [0.05, 0.1) is 11.4 Å². The first kappa shape index (κ1) is 26.7. The summed E-state index contributed by atoms with van der Waals surface area (Å²) in [5, 5.41) is 17.2. The number of hydrogen-bond acceptors (Lipinski definition) is 9. The van der Waals surface area contributed by atoms with Crippen LogP contribution in [0.25, 0.3) is 0 Å². The fourth-order valence-corrected chi connectivity index (χ4v) is 4.05. The van der Waals surface area contributed by atoms with E-state index in [-0.39, 0.29) is 0 Å². The monoisotopic (exact) mass is 504 g/mol. The van der Waals surface area contributed by atoms with Gasteiger partial charge in [-0.15, -0.1) is 10.2 Å². The summed E-state index contributed by atoms with van der Waals surface area (Å²) in [6.07, 6.45) is 8.63. The van der Waals surface area contributed by atoms with Gasteiger partial charge in [0, 0.05) is 50.8 Å². The standard InChI is InChI=1S/C22H36N10O2S/c23-10-1-3-12-31-17-21(25-28-31)15-30(16-22-18-32(29-26-22)13-4-2-11-24)14-9-19-5-7-20(8-6-19)27-35(33)34/h5-8,17-18,35H,1-4,9-16,23-24H2,(H,27,33,34). The Morgan fingerprint density at radius 3 is 1.86 bits per heavy atom. The number of aryl methyl sites for hydroxylation is 2. The van der Waals surface area contributed by atoms with Crippen LogP contribution in [0.4, 0.5) is 5.69 Å². The third-order valence-electron chi connectivity index (χ3n) is 5.52. The van der Waals surface area contributed by atoms with Crippen LogP contribution in [0.15, 0.2) is 36.7 Å². The number of nitrogens with zero attached hydrogens (tertiary/aromatic N) is 7. The zero-order valence-electron chi connectivity index (χ0n) is 20.0. The predicted octanol–water partition coefficient (Wildman–Crippen LogP) is 0.531. The van der Waals surface area contributed by atoms with E-state index in [0.29, 0.717) is 31.9 Å². The number of unbranched alkanes of at least 4 members (excludes halogenated alkanes) is 2. The molecule has 0 bridgehead atoms. The van der Waals surface area contributed by atoms with Crippen LogP contribution in [0.2, 0.25) is 0 Å². The fraction of sp³-hybridized carbons (Fsp3) is 0.545. The summed E-state index contributed by atoms with van der Waals surface area (Å²) in [6, 6.07) is 7.40. The fourth-order valence-electron chi connectivity index (χ4n) is 3.69. The third kappa shape index (κ3) is 9.72. The maximum atomic E-state index is 10.8. The smallest absolute Gasteiger partial charge is 0.222 e. The molecule has 1 aromatic carbocycles. The van der Waals surface area contributed by atoms with Gasteiger partial charge in [-0.1, -0.05) is 22.6 Å². The van der Waals surface area contributed by atoms with Gasteiger partial charge in [0.25, 0.3) is 0 Å². The first-order valence-electron chi connectivity index (χ1n) is 12.0. The van der Waals surface area contributed by atoms with Gasteiger partial charge in [0.2, 0.25) is 10.9 Å². The first-order chi connectivity index (χ1) is 17.1. The number of thiol groups is 1. The maximum Gasteiger partial charge on any atom is 0.222 e. The Kier molecular flexibility index (Phi) is 11.1. The minimum Gasteiger partial charge on any atom is -0.330 e. The van der Waals surface area contributed by atoms with Crippen molar-refractivity contribution < 1.29 is 8.42 Å². The lowest BCUT2D eigenvalue weighted by Crippen LogP contribution is -2.26. The van der Waals surface area contributed by atoms with Crippen molar-refractivity contribution in [2.75, 3.05) is 24.4 Å². The molecule has 0 fully saturated rings. The third-order valence-corrected chi connectivity index (χ3v) is 5.96. The highest BCUT2D eigenvalue weighted by molar-refractivity contribution is 7.73. The normalized spacial score (nSPS) is 11.5. The lowest BCUT2D eigenvalue weighted by atomic mass is 10.1. The highest BCUT2D eigenvalue weighted by Crippen LogP contribution is 2.13. The summed E-state index contributed by atoms with van der Waals surface area (Å²) >= 11 is 0. The van der Waals surface area contributed by atoms with Gasteiger partial charge in [0.1, 0.15) is 0 Å². The van der Waals surface area contributed by atoms with Crippen LogP contribution in [0.5, 0.6) is 0 Å². The van der Waals surface area contributed by atoms with Gasteiger partial charge in [0.15, 0.2) is 0 Å². The molecule has 0 aliphatic rings. The molecule has 0 amide bonds. The maximum absolute atomic E-state index is 10.8. The van der Waals surface area contributed by atoms with E-state index in [1.807, 2.05) is 33.9 Å². The van der Waals surface area contributed by atoms with Crippen molar-refractivity contribution in [1.29, 1.82) is 0 Å². The van der Waals surface area contributed by atoms with Crippen molar-refractivity contribution in [3.8, 4) is 0 Å². The summed E-state index contributed by atoms with van der Waals surface area (Å²) in [5.41, 5.74) is 14.6. The van der Waals surface area contributed by atoms with E-state index in [1.165, 1.54) is 0 Å². The Bertz CT molecular complexity index is 1020. The van der Waals surface area contributed by atoms with Crippen molar-refractivity contribution in [1.82, 2.24) is 34.9 Å². The molecule has 0 aliphatic heterocycles. The topological polar surface area (TPSA) is 163 Å². The number of benzene rings is 1. The average molecular weight is 505 g/mol. The Labute approximate surface area is 207 Å². The Morgan fingerprint density at radius 1 is 0.829 bits per heavy atom. The summed E-state index contributed by atoms with van der Waals surface area (Å²) in [4.78, 5) is 2.27. The number of nitrogens with two attached hydrogens (primary N) is 2. The second-order valence-electron chi connectivity index (χ2n) is 8.46. The predicted molar refractivity (Wildman–Crippen MR) is 135 cm³/mol. The first-order valence-corrected chi connectivity index (χ1v) is 13.1. The van der Waals surface area contributed by atoms with Gasteiger partial charge in [-0.3, -0.25) is 19.0 Å². The van der Waals surface area contributed by atoms with Crippen LogP contribution in [0.3, 0.4) is 0 Å². The van der Waals surface area contributed by atoms with Crippen molar-refractivity contribution in [2.24, 2.45) is 11.5 Å². The van der Waals surface area contributed by atoms with Crippen molar-refractivity contribution >= 4 is 16.6 Å². The highest BCUT2D eigenvalue weighted by Gasteiger charge is 2.13. The molecule has 13 heteroatoms. The Hall–Kier alpha value is -2.87. The summed E-state index contributed by atoms with van der Waals surface area (Å²) in [5.74, 6) is 0. The molecule has 35 heavy (non-hydrogen) atoms. The second-order valence-corrected chi connectivity index (χ2v) is 9.20. The van der Waals surface area contributed by atoms with Crippen molar-refractivity contribution in [3.05, 3.63) is 53.6 Å². The summed E-state index contributed by atoms with van der Waals surface area (Å²) < 4.78 is 27.8. The molecule has 3 aromatic rings. The molecule has 0 unspecified atom stereocenters. The number of aromatic nitrogens is 6. The summed E-state index contributed by atoms with van der Waals surface area (Å²) in [6.45, 7) is 4.99. The largest absolute Gasteiger partial charge is 0.330 e. The SMILES string of the molecule is NCCCCn1cc(CN(CCc2ccc(N[SH](=O)=O)cc2)Cc2cn(CCCCN)nn2)nn1. The van der Waals surface area contributed by atoms with Crippen LogP contribution in [-0.4, -0.2) is 62.9 Å². The molecular weight excluding hydrogens is 468 g/mol. The van der Waals surface area contributed by atoms with E-state index in [4.69, 9.17) is 11.5 Å². The molecule has 5 N–H and O–H groups in total. The number of rotatable bonds is 17. The lowest BCUT2D eigenvalue weighted by Gasteiger charge is -2.20. The lowest BCUT2D eigenvalue weighted by molar-refractivity contribution is 0.253. The zero-order chi connectivity index (χ0) is 24.9. The minimum absolute atomic E-state index is 0.555. The van der Waals surface area contributed by atoms with Crippen LogP contribution >= 0.6 is 0 Å². The van der Waals surface area contributed by atoms with Gasteiger partial charge >= 0.3 is 0 Å². The molecule has 0 saturated heterocycles. The van der Waals surface area contributed by atoms with Gasteiger partial charge in [-0.2, -0.15) is 0 Å². The quantitative estimate of drug-likeness (QED) is 0.152. The summed E-state index contributed by atoms with van der Waals surface area (Å²) in [7, 11) is -2.67. The molecular formula is C22H36N10O2S. The van der Waals surface area contributed by atoms with Gasteiger partial charge < -0.3 is 11.5 Å². The van der Waals surface area contributed by atoms with Crippen LogP contribution in [-0.2, 0) is 43.5 Å². The molecule has 0 spiro atoms. The molecule has 0 atom stereocenters. The van der Waals surface area contributed by atoms with Crippen LogP contribution in [0, 0.1) is 0 Å². The Balaban J connectivity index is 1.63. The molecule has 0 aliphatic carbocycles. The number of nitrogens with one attached hydrogen (secondary N) is 1. The molecule has 2 aromatic heterocycles. The molecule has 0 saturated carbocycles. The van der Waals surface area contributed by atoms with Crippen LogP contribution in [0.1, 0.15) is 42.6 Å². The molecule has 3 rings (SSSR count). The molecule has 12 nitrogen and oxygen atoms in total. The second kappa shape index (κ2) is 14.5. The van der Waals surface area contributed by atoms with Crippen molar-refractivity contribution in [2.45, 2.75) is 58.3 Å². The number of hydrogen-bond donors (Lipinski definition) is 4. The van der Waals surface area contributed by atoms with E-state index in [9.17, 15) is 8.42 Å². The van der Waals surface area contributed by atoms with Crippen LogP contribution < -0.4 is 16.2 Å². The number of anilines is 1. The van der Waals surface area contributed by atoms with E-state index in [1.54, 1.807) is 12.1 Å². The van der Waals surface area contributed by atoms with E-state index in [0.717, 1.165) is 68.7 Å². The zero-order valence-corrected chi connectivity index (χ0v) is 20.9. The van der Waals surface area contributed by atoms with E-state index >= 15 is 0 Å². The molecule has 192 valence electrons. The van der Waals surface area contributed by atoms with Crippen molar-refractivity contribution in [3.63, 3.8) is 0 Å². The Morgan fingerprint density at radius 2 is 1.37 bits per heavy atom. The highest BCUT2D eigenvalue weighted by atomic mass is 32.2. The molecule has 0 radical (unpaired) electrons. The van der Waals surface area contributed by atoms with E-state index < -0.39 is 10.9 Å². The minimum atomic E-state index is -2.67. The van der Waals surface area contributed by atoms with Gasteiger partial charge in [-0.25, -0.2) is 8.42 Å². The molecule has 2 heterocycles.